The van der Waals surface area contributed by atoms with Gasteiger partial charge in [0.1, 0.15) is 0 Å². The minimum absolute atomic E-state index is 0.116. The molecule has 3 heteroatoms. The molecule has 0 saturated carbocycles. The Morgan fingerprint density at radius 1 is 1.24 bits per heavy atom. The molecule has 3 nitrogen and oxygen atoms in total. The van der Waals surface area contributed by atoms with Crippen LogP contribution in [0.2, 0.25) is 0 Å². The lowest BCUT2D eigenvalue weighted by Gasteiger charge is -2.38. The number of aliphatic hydroxyl groups is 1. The summed E-state index contributed by atoms with van der Waals surface area (Å²) in [6.07, 6.45) is 1.98. The molecule has 1 unspecified atom stereocenters. The molecule has 1 atom stereocenters. The summed E-state index contributed by atoms with van der Waals surface area (Å²) in [5, 5.41) is 13.3. The lowest BCUT2D eigenvalue weighted by molar-refractivity contribution is 0.0490. The maximum Gasteiger partial charge on any atom is 0.0667 e. The van der Waals surface area contributed by atoms with Crippen LogP contribution in [0, 0.1) is 5.41 Å². The molecular weight excluding hydrogens is 212 g/mol. The number of nitrogens with one attached hydrogen (secondary N) is 1. The Morgan fingerprint density at radius 3 is 2.41 bits per heavy atom. The van der Waals surface area contributed by atoms with Crippen molar-refractivity contribution < 1.29 is 5.11 Å². The molecule has 0 aromatic carbocycles. The molecule has 2 N–H and O–H groups in total. The standard InChI is InChI=1S/C14H30N2O/c1-13(2,3)15-10-14(4,5)11-16-8-6-7-12(17)9-16/h12,15,17H,6-11H2,1-5H3. The van der Waals surface area contributed by atoms with Crippen molar-refractivity contribution in [2.75, 3.05) is 26.2 Å². The van der Waals surface area contributed by atoms with Crippen LogP contribution in [0.3, 0.4) is 0 Å². The monoisotopic (exact) mass is 242 g/mol. The summed E-state index contributed by atoms with van der Waals surface area (Å²) in [4.78, 5) is 2.40. The number of rotatable bonds is 4. The lowest BCUT2D eigenvalue weighted by Crippen LogP contribution is -2.48. The van der Waals surface area contributed by atoms with Gasteiger partial charge in [0.05, 0.1) is 6.10 Å². The molecule has 0 aromatic heterocycles. The maximum absolute atomic E-state index is 9.68. The van der Waals surface area contributed by atoms with Crippen molar-refractivity contribution in [3.63, 3.8) is 0 Å². The molecule has 102 valence electrons. The summed E-state index contributed by atoms with van der Waals surface area (Å²) >= 11 is 0. The van der Waals surface area contributed by atoms with Crippen molar-refractivity contribution in [2.24, 2.45) is 5.41 Å². The molecule has 0 aromatic rings. The van der Waals surface area contributed by atoms with E-state index in [0.29, 0.717) is 0 Å². The highest BCUT2D eigenvalue weighted by molar-refractivity contribution is 4.83. The highest BCUT2D eigenvalue weighted by Crippen LogP contribution is 2.20. The molecule has 1 fully saturated rings. The number of nitrogens with zero attached hydrogens (tertiary/aromatic N) is 1. The van der Waals surface area contributed by atoms with E-state index >= 15 is 0 Å². The second kappa shape index (κ2) is 5.68. The van der Waals surface area contributed by atoms with Gasteiger partial charge in [-0.1, -0.05) is 13.8 Å². The van der Waals surface area contributed by atoms with Gasteiger partial charge >= 0.3 is 0 Å². The first kappa shape index (κ1) is 14.9. The number of hydrogen-bond acceptors (Lipinski definition) is 3. The second-order valence-electron chi connectivity index (χ2n) is 7.30. The lowest BCUT2D eigenvalue weighted by atomic mass is 9.90. The van der Waals surface area contributed by atoms with Crippen molar-refractivity contribution in [3.8, 4) is 0 Å². The van der Waals surface area contributed by atoms with Crippen molar-refractivity contribution in [1.82, 2.24) is 10.2 Å². The fourth-order valence-corrected chi connectivity index (χ4v) is 2.34. The molecule has 1 rings (SSSR count). The molecule has 0 spiro atoms. The van der Waals surface area contributed by atoms with Crippen LogP contribution in [-0.4, -0.2) is 47.8 Å². The predicted molar refractivity (Wildman–Crippen MR) is 73.2 cm³/mol. The average Bonchev–Trinajstić information content (AvgIpc) is 2.13. The van der Waals surface area contributed by atoms with Gasteiger partial charge in [0.2, 0.25) is 0 Å². The Balaban J connectivity index is 2.37. The minimum Gasteiger partial charge on any atom is -0.392 e. The van der Waals surface area contributed by atoms with E-state index in [-0.39, 0.29) is 17.1 Å². The van der Waals surface area contributed by atoms with Gasteiger partial charge in [-0.15, -0.1) is 0 Å². The Labute approximate surface area is 107 Å². The molecule has 0 amide bonds. The molecular formula is C14H30N2O. The number of β-amino-alcohol motifs (C(OH)–C–C–N with tert-alkyl or cyclic N) is 1. The molecule has 0 radical (unpaired) electrons. The molecule has 1 saturated heterocycles. The minimum atomic E-state index is -0.116. The van der Waals surface area contributed by atoms with Gasteiger partial charge in [0.15, 0.2) is 0 Å². The van der Waals surface area contributed by atoms with Crippen molar-refractivity contribution in [3.05, 3.63) is 0 Å². The van der Waals surface area contributed by atoms with Gasteiger partial charge in [-0.3, -0.25) is 0 Å². The predicted octanol–water partition coefficient (Wildman–Crippen LogP) is 1.86. The van der Waals surface area contributed by atoms with Gasteiger partial charge in [-0.25, -0.2) is 0 Å². The normalized spacial score (nSPS) is 24.0. The Hall–Kier alpha value is -0.120. The molecule has 1 aliphatic heterocycles. The van der Waals surface area contributed by atoms with Gasteiger partial charge < -0.3 is 15.3 Å². The molecule has 1 heterocycles. The van der Waals surface area contributed by atoms with Gasteiger partial charge in [0, 0.05) is 25.2 Å². The zero-order valence-electron chi connectivity index (χ0n) is 12.2. The van der Waals surface area contributed by atoms with Crippen LogP contribution >= 0.6 is 0 Å². The second-order valence-corrected chi connectivity index (χ2v) is 7.30. The Morgan fingerprint density at radius 2 is 1.88 bits per heavy atom. The number of piperidine rings is 1. The van der Waals surface area contributed by atoms with Crippen molar-refractivity contribution in [2.45, 2.75) is 59.1 Å². The zero-order valence-corrected chi connectivity index (χ0v) is 12.2. The number of aliphatic hydroxyl groups excluding tert-OH is 1. The summed E-state index contributed by atoms with van der Waals surface area (Å²) in [6.45, 7) is 15.3. The quantitative estimate of drug-likeness (QED) is 0.790. The summed E-state index contributed by atoms with van der Waals surface area (Å²) in [7, 11) is 0. The third-order valence-corrected chi connectivity index (χ3v) is 3.23. The van der Waals surface area contributed by atoms with Crippen LogP contribution < -0.4 is 5.32 Å². The first-order valence-corrected chi connectivity index (χ1v) is 6.83. The molecule has 1 aliphatic rings. The fourth-order valence-electron chi connectivity index (χ4n) is 2.34. The average molecular weight is 242 g/mol. The van der Waals surface area contributed by atoms with Crippen molar-refractivity contribution >= 4 is 0 Å². The van der Waals surface area contributed by atoms with Gasteiger partial charge in [0.25, 0.3) is 0 Å². The van der Waals surface area contributed by atoms with E-state index in [1.807, 2.05) is 0 Å². The zero-order chi connectivity index (χ0) is 13.1. The number of likely N-dealkylation sites (tertiary alicyclic amines) is 1. The molecule has 0 bridgehead atoms. The van der Waals surface area contributed by atoms with E-state index in [1.165, 1.54) is 0 Å². The summed E-state index contributed by atoms with van der Waals surface area (Å²) < 4.78 is 0. The van der Waals surface area contributed by atoms with Gasteiger partial charge in [-0.05, 0) is 45.6 Å². The Bertz CT molecular complexity index is 233. The summed E-state index contributed by atoms with van der Waals surface area (Å²) in [5.41, 5.74) is 0.434. The van der Waals surface area contributed by atoms with E-state index in [4.69, 9.17) is 0 Å². The summed E-state index contributed by atoms with van der Waals surface area (Å²) in [5.74, 6) is 0. The van der Waals surface area contributed by atoms with Crippen molar-refractivity contribution in [1.29, 1.82) is 0 Å². The van der Waals surface area contributed by atoms with Crippen LogP contribution in [0.4, 0.5) is 0 Å². The maximum atomic E-state index is 9.68. The highest BCUT2D eigenvalue weighted by atomic mass is 16.3. The molecule has 17 heavy (non-hydrogen) atoms. The first-order valence-electron chi connectivity index (χ1n) is 6.83. The van der Waals surface area contributed by atoms with E-state index < -0.39 is 0 Å². The topological polar surface area (TPSA) is 35.5 Å². The van der Waals surface area contributed by atoms with Gasteiger partial charge in [-0.2, -0.15) is 0 Å². The highest BCUT2D eigenvalue weighted by Gasteiger charge is 2.26. The van der Waals surface area contributed by atoms with E-state index in [9.17, 15) is 5.11 Å². The first-order chi connectivity index (χ1) is 7.68. The van der Waals surface area contributed by atoms with E-state index in [2.05, 4.69) is 44.8 Å². The number of hydrogen-bond donors (Lipinski definition) is 2. The molecule has 0 aliphatic carbocycles. The largest absolute Gasteiger partial charge is 0.392 e. The Kier molecular flexibility index (Phi) is 4.99. The third kappa shape index (κ3) is 6.39. The SMILES string of the molecule is CC(C)(CNC(C)(C)C)CN1CCCC(O)C1. The van der Waals surface area contributed by atoms with E-state index in [1.54, 1.807) is 0 Å². The smallest absolute Gasteiger partial charge is 0.0667 e. The van der Waals surface area contributed by atoms with Crippen LogP contribution in [0.1, 0.15) is 47.5 Å². The van der Waals surface area contributed by atoms with E-state index in [0.717, 1.165) is 39.0 Å². The fraction of sp³-hybridized carbons (Fsp3) is 1.00. The van der Waals surface area contributed by atoms with Crippen LogP contribution in [0.15, 0.2) is 0 Å². The van der Waals surface area contributed by atoms with Crippen LogP contribution in [0.25, 0.3) is 0 Å². The van der Waals surface area contributed by atoms with Crippen LogP contribution in [0.5, 0.6) is 0 Å². The summed E-state index contributed by atoms with van der Waals surface area (Å²) in [6, 6.07) is 0. The van der Waals surface area contributed by atoms with Crippen LogP contribution in [-0.2, 0) is 0 Å². The third-order valence-electron chi connectivity index (χ3n) is 3.23.